The third kappa shape index (κ3) is 4.96. The minimum absolute atomic E-state index is 0.192. The van der Waals surface area contributed by atoms with Crippen LogP contribution < -0.4 is 10.2 Å². The molecule has 0 heterocycles. The maximum atomic E-state index is 9.00. The standard InChI is InChI=1S/C15H26N2O/c1-5-17(10-11-18)14-8-6-13(7-9-14)16-12-15(2,3)4/h6-9,16,18H,5,10-12H2,1-4H3. The number of aliphatic hydroxyl groups is 1. The molecule has 0 spiro atoms. The summed E-state index contributed by atoms with van der Waals surface area (Å²) in [5.41, 5.74) is 2.59. The Kier molecular flexibility index (Phi) is 5.48. The normalized spacial score (nSPS) is 11.4. The Balaban J connectivity index is 2.61. The number of nitrogens with zero attached hydrogens (tertiary/aromatic N) is 1. The number of hydrogen-bond acceptors (Lipinski definition) is 3. The van der Waals surface area contributed by atoms with Crippen LogP contribution in [0.25, 0.3) is 0 Å². The zero-order valence-corrected chi connectivity index (χ0v) is 12.0. The average Bonchev–Trinajstić information content (AvgIpc) is 2.33. The van der Waals surface area contributed by atoms with Gasteiger partial charge in [0.2, 0.25) is 0 Å². The van der Waals surface area contributed by atoms with Crippen LogP contribution in [-0.4, -0.2) is 31.3 Å². The molecule has 0 fully saturated rings. The molecular weight excluding hydrogens is 224 g/mol. The number of nitrogens with one attached hydrogen (secondary N) is 1. The lowest BCUT2D eigenvalue weighted by Gasteiger charge is -2.23. The lowest BCUT2D eigenvalue weighted by molar-refractivity contribution is 0.302. The van der Waals surface area contributed by atoms with Crippen molar-refractivity contribution >= 4 is 11.4 Å². The molecule has 0 saturated heterocycles. The SMILES string of the molecule is CCN(CCO)c1ccc(NCC(C)(C)C)cc1. The summed E-state index contributed by atoms with van der Waals surface area (Å²) in [6.45, 7) is 11.5. The van der Waals surface area contributed by atoms with Gasteiger partial charge in [-0.2, -0.15) is 0 Å². The van der Waals surface area contributed by atoms with Gasteiger partial charge in [-0.15, -0.1) is 0 Å². The first-order valence-electron chi connectivity index (χ1n) is 6.66. The molecule has 0 radical (unpaired) electrons. The van der Waals surface area contributed by atoms with E-state index in [1.807, 2.05) is 0 Å². The Bertz CT molecular complexity index is 341. The van der Waals surface area contributed by atoms with Gasteiger partial charge in [-0.05, 0) is 36.6 Å². The molecule has 1 rings (SSSR count). The Morgan fingerprint density at radius 3 is 2.22 bits per heavy atom. The molecule has 0 unspecified atom stereocenters. The molecule has 0 aromatic heterocycles. The van der Waals surface area contributed by atoms with Gasteiger partial charge in [-0.25, -0.2) is 0 Å². The second kappa shape index (κ2) is 6.64. The van der Waals surface area contributed by atoms with Gasteiger partial charge in [-0.3, -0.25) is 0 Å². The summed E-state index contributed by atoms with van der Waals surface area (Å²) in [5, 5.41) is 12.4. The van der Waals surface area contributed by atoms with Crippen LogP contribution in [-0.2, 0) is 0 Å². The monoisotopic (exact) mass is 250 g/mol. The predicted molar refractivity (Wildman–Crippen MR) is 79.4 cm³/mol. The highest BCUT2D eigenvalue weighted by Gasteiger charge is 2.09. The van der Waals surface area contributed by atoms with Crippen LogP contribution in [0, 0.1) is 5.41 Å². The Morgan fingerprint density at radius 2 is 1.78 bits per heavy atom. The van der Waals surface area contributed by atoms with E-state index >= 15 is 0 Å². The Hall–Kier alpha value is -1.22. The molecular formula is C15H26N2O. The summed E-state index contributed by atoms with van der Waals surface area (Å²) in [5.74, 6) is 0. The summed E-state index contributed by atoms with van der Waals surface area (Å²) < 4.78 is 0. The second-order valence-electron chi connectivity index (χ2n) is 5.76. The van der Waals surface area contributed by atoms with E-state index < -0.39 is 0 Å². The molecule has 18 heavy (non-hydrogen) atoms. The van der Waals surface area contributed by atoms with Crippen molar-refractivity contribution in [3.8, 4) is 0 Å². The largest absolute Gasteiger partial charge is 0.395 e. The van der Waals surface area contributed by atoms with E-state index in [1.165, 1.54) is 0 Å². The first-order chi connectivity index (χ1) is 8.46. The number of likely N-dealkylation sites (N-methyl/N-ethyl adjacent to an activating group) is 1. The van der Waals surface area contributed by atoms with Gasteiger partial charge >= 0.3 is 0 Å². The van der Waals surface area contributed by atoms with Gasteiger partial charge < -0.3 is 15.3 Å². The van der Waals surface area contributed by atoms with E-state index in [2.05, 4.69) is 62.2 Å². The van der Waals surface area contributed by atoms with Gasteiger partial charge in [0.05, 0.1) is 6.61 Å². The molecule has 3 nitrogen and oxygen atoms in total. The number of hydrogen-bond donors (Lipinski definition) is 2. The summed E-state index contributed by atoms with van der Waals surface area (Å²) >= 11 is 0. The molecule has 0 atom stereocenters. The van der Waals surface area contributed by atoms with Crippen molar-refractivity contribution in [2.75, 3.05) is 36.5 Å². The van der Waals surface area contributed by atoms with E-state index in [-0.39, 0.29) is 12.0 Å². The Morgan fingerprint density at radius 1 is 1.17 bits per heavy atom. The van der Waals surface area contributed by atoms with Gasteiger partial charge in [0.1, 0.15) is 0 Å². The topological polar surface area (TPSA) is 35.5 Å². The van der Waals surface area contributed by atoms with Crippen molar-refractivity contribution in [2.45, 2.75) is 27.7 Å². The van der Waals surface area contributed by atoms with Gasteiger partial charge in [0.15, 0.2) is 0 Å². The first kappa shape index (κ1) is 14.8. The highest BCUT2D eigenvalue weighted by molar-refractivity contribution is 5.55. The van der Waals surface area contributed by atoms with Crippen molar-refractivity contribution in [1.29, 1.82) is 0 Å². The fraction of sp³-hybridized carbons (Fsp3) is 0.600. The minimum Gasteiger partial charge on any atom is -0.395 e. The van der Waals surface area contributed by atoms with E-state index in [0.717, 1.165) is 24.5 Å². The quantitative estimate of drug-likeness (QED) is 0.815. The molecule has 1 aromatic carbocycles. The molecule has 1 aromatic rings. The number of benzene rings is 1. The molecule has 0 aliphatic heterocycles. The summed E-state index contributed by atoms with van der Waals surface area (Å²) in [6, 6.07) is 8.40. The summed E-state index contributed by atoms with van der Waals surface area (Å²) in [4.78, 5) is 2.16. The van der Waals surface area contributed by atoms with Crippen LogP contribution in [0.15, 0.2) is 24.3 Å². The highest BCUT2D eigenvalue weighted by atomic mass is 16.3. The fourth-order valence-electron chi connectivity index (χ4n) is 1.75. The van der Waals surface area contributed by atoms with Crippen LogP contribution in [0.4, 0.5) is 11.4 Å². The fourth-order valence-corrected chi connectivity index (χ4v) is 1.75. The number of rotatable bonds is 6. The average molecular weight is 250 g/mol. The van der Waals surface area contributed by atoms with Crippen LogP contribution in [0.2, 0.25) is 0 Å². The van der Waals surface area contributed by atoms with Crippen LogP contribution >= 0.6 is 0 Å². The van der Waals surface area contributed by atoms with Gasteiger partial charge in [0.25, 0.3) is 0 Å². The second-order valence-corrected chi connectivity index (χ2v) is 5.76. The zero-order valence-electron chi connectivity index (χ0n) is 12.0. The molecule has 3 heteroatoms. The minimum atomic E-state index is 0.192. The zero-order chi connectivity index (χ0) is 13.6. The smallest absolute Gasteiger partial charge is 0.0606 e. The van der Waals surface area contributed by atoms with Crippen molar-refractivity contribution in [3.63, 3.8) is 0 Å². The molecule has 0 aliphatic rings. The number of anilines is 2. The predicted octanol–water partition coefficient (Wildman–Crippen LogP) is 2.96. The molecule has 0 bridgehead atoms. The number of aliphatic hydroxyl groups excluding tert-OH is 1. The molecule has 0 aliphatic carbocycles. The van der Waals surface area contributed by atoms with Crippen molar-refractivity contribution < 1.29 is 5.11 Å². The van der Waals surface area contributed by atoms with E-state index in [0.29, 0.717) is 6.54 Å². The van der Waals surface area contributed by atoms with Crippen molar-refractivity contribution in [2.24, 2.45) is 5.41 Å². The third-order valence-corrected chi connectivity index (χ3v) is 2.81. The third-order valence-electron chi connectivity index (χ3n) is 2.81. The maximum absolute atomic E-state index is 9.00. The Labute approximate surface area is 111 Å². The maximum Gasteiger partial charge on any atom is 0.0606 e. The van der Waals surface area contributed by atoms with Gasteiger partial charge in [-0.1, -0.05) is 20.8 Å². The van der Waals surface area contributed by atoms with Crippen molar-refractivity contribution in [3.05, 3.63) is 24.3 Å². The van der Waals surface area contributed by atoms with E-state index in [4.69, 9.17) is 5.11 Å². The molecule has 0 saturated carbocycles. The van der Waals surface area contributed by atoms with E-state index in [9.17, 15) is 0 Å². The van der Waals surface area contributed by atoms with Crippen LogP contribution in [0.3, 0.4) is 0 Å². The highest BCUT2D eigenvalue weighted by Crippen LogP contribution is 2.19. The lowest BCUT2D eigenvalue weighted by Crippen LogP contribution is -2.26. The van der Waals surface area contributed by atoms with E-state index in [1.54, 1.807) is 0 Å². The lowest BCUT2D eigenvalue weighted by atomic mass is 9.97. The van der Waals surface area contributed by atoms with Crippen LogP contribution in [0.1, 0.15) is 27.7 Å². The van der Waals surface area contributed by atoms with Crippen LogP contribution in [0.5, 0.6) is 0 Å². The summed E-state index contributed by atoms with van der Waals surface area (Å²) in [6.07, 6.45) is 0. The van der Waals surface area contributed by atoms with Gasteiger partial charge in [0, 0.05) is 31.0 Å². The first-order valence-corrected chi connectivity index (χ1v) is 6.66. The van der Waals surface area contributed by atoms with Crippen molar-refractivity contribution in [1.82, 2.24) is 0 Å². The molecule has 2 N–H and O–H groups in total. The summed E-state index contributed by atoms with van der Waals surface area (Å²) in [7, 11) is 0. The molecule has 0 amide bonds. The molecule has 102 valence electrons.